The Morgan fingerprint density at radius 3 is 2.65 bits per heavy atom. The molecule has 3 aromatic rings. The highest BCUT2D eigenvalue weighted by Crippen LogP contribution is 2.30. The minimum atomic E-state index is 0.0395. The molecule has 0 bridgehead atoms. The molecular weight excluding hydrogens is 346 g/mol. The summed E-state index contributed by atoms with van der Waals surface area (Å²) in [6, 6.07) is 13.8. The van der Waals surface area contributed by atoms with Gasteiger partial charge in [-0.1, -0.05) is 23.9 Å². The van der Waals surface area contributed by atoms with E-state index >= 15 is 0 Å². The molecule has 6 heteroatoms. The van der Waals surface area contributed by atoms with Crippen LogP contribution in [0.5, 0.6) is 5.75 Å². The topological polar surface area (TPSA) is 57.0 Å². The average molecular weight is 367 g/mol. The fourth-order valence-corrected chi connectivity index (χ4v) is 3.73. The van der Waals surface area contributed by atoms with Crippen molar-refractivity contribution in [2.45, 2.75) is 31.7 Å². The van der Waals surface area contributed by atoms with E-state index in [1.54, 1.807) is 31.9 Å². The lowest BCUT2D eigenvalue weighted by molar-refractivity contribution is 0.101. The van der Waals surface area contributed by atoms with Crippen LogP contribution in [0.2, 0.25) is 0 Å². The second-order valence-electron chi connectivity index (χ2n) is 6.08. The fraction of sp³-hybridized carbons (Fsp3) is 0.250. The highest BCUT2D eigenvalue weighted by atomic mass is 32.2. The van der Waals surface area contributed by atoms with Gasteiger partial charge in [-0.05, 0) is 56.7 Å². The Bertz CT molecular complexity index is 950. The largest absolute Gasteiger partial charge is 0.496 e. The van der Waals surface area contributed by atoms with Gasteiger partial charge in [0.1, 0.15) is 11.6 Å². The van der Waals surface area contributed by atoms with Crippen LogP contribution in [0, 0.1) is 13.8 Å². The van der Waals surface area contributed by atoms with Crippen molar-refractivity contribution in [3.63, 3.8) is 0 Å². The average Bonchev–Trinajstić information content (AvgIpc) is 3.00. The fourth-order valence-electron chi connectivity index (χ4n) is 2.75. The monoisotopic (exact) mass is 367 g/mol. The molecule has 3 rings (SSSR count). The molecule has 26 heavy (non-hydrogen) atoms. The van der Waals surface area contributed by atoms with Crippen LogP contribution in [-0.4, -0.2) is 27.7 Å². The number of carbonyl (C=O) groups excluding carboxylic acids is 1. The third-order valence-corrected chi connectivity index (χ3v) is 5.08. The Kier molecular flexibility index (Phi) is 5.42. The molecule has 0 aliphatic carbocycles. The third-order valence-electron chi connectivity index (χ3n) is 4.10. The molecule has 0 unspecified atom stereocenters. The van der Waals surface area contributed by atoms with E-state index in [0.717, 1.165) is 28.0 Å². The van der Waals surface area contributed by atoms with Gasteiger partial charge in [-0.25, -0.2) is 0 Å². The molecule has 2 aromatic carbocycles. The second kappa shape index (κ2) is 7.74. The SMILES string of the molecule is COc1ccc(C(C)=O)cc1CSc1nnc(C)n1-c1cccc(C)c1. The first kappa shape index (κ1) is 18.2. The molecule has 0 aliphatic heterocycles. The molecule has 0 spiro atoms. The lowest BCUT2D eigenvalue weighted by Crippen LogP contribution is -2.00. The number of benzene rings is 2. The number of hydrogen-bond acceptors (Lipinski definition) is 5. The van der Waals surface area contributed by atoms with Crippen LogP contribution >= 0.6 is 11.8 Å². The number of Topliss-reactive ketones (excluding diaryl/α,β-unsaturated/α-hetero) is 1. The molecule has 134 valence electrons. The van der Waals surface area contributed by atoms with Crippen LogP contribution < -0.4 is 4.74 Å². The number of aryl methyl sites for hydroxylation is 2. The van der Waals surface area contributed by atoms with E-state index in [0.29, 0.717) is 11.3 Å². The zero-order chi connectivity index (χ0) is 18.7. The van der Waals surface area contributed by atoms with Crippen molar-refractivity contribution in [3.8, 4) is 11.4 Å². The van der Waals surface area contributed by atoms with Gasteiger partial charge < -0.3 is 4.74 Å². The molecule has 0 saturated carbocycles. The number of carbonyl (C=O) groups is 1. The number of ketones is 1. The first-order chi connectivity index (χ1) is 12.5. The standard InChI is InChI=1S/C20H21N3O2S/c1-13-6-5-7-18(10-13)23-15(3)21-22-20(23)26-12-17-11-16(14(2)24)8-9-19(17)25-4/h5-11H,12H2,1-4H3. The van der Waals surface area contributed by atoms with Gasteiger partial charge in [0.25, 0.3) is 0 Å². The molecule has 1 aromatic heterocycles. The number of thioether (sulfide) groups is 1. The van der Waals surface area contributed by atoms with Crippen LogP contribution in [0.4, 0.5) is 0 Å². The van der Waals surface area contributed by atoms with Crippen molar-refractivity contribution in [2.24, 2.45) is 0 Å². The van der Waals surface area contributed by atoms with Crippen LogP contribution in [-0.2, 0) is 5.75 Å². The van der Waals surface area contributed by atoms with E-state index in [2.05, 4.69) is 29.3 Å². The number of rotatable bonds is 6. The summed E-state index contributed by atoms with van der Waals surface area (Å²) < 4.78 is 7.48. The summed E-state index contributed by atoms with van der Waals surface area (Å²) in [7, 11) is 1.64. The van der Waals surface area contributed by atoms with E-state index in [9.17, 15) is 4.79 Å². The molecular formula is C20H21N3O2S. The maximum Gasteiger partial charge on any atom is 0.196 e. The van der Waals surface area contributed by atoms with Gasteiger partial charge in [0, 0.05) is 22.6 Å². The molecule has 0 fully saturated rings. The Morgan fingerprint density at radius 2 is 1.96 bits per heavy atom. The van der Waals surface area contributed by atoms with Gasteiger partial charge >= 0.3 is 0 Å². The number of ether oxygens (including phenoxy) is 1. The molecule has 1 heterocycles. The van der Waals surface area contributed by atoms with Crippen LogP contribution in [0.25, 0.3) is 5.69 Å². The minimum Gasteiger partial charge on any atom is -0.496 e. The Hall–Kier alpha value is -2.60. The first-order valence-electron chi connectivity index (χ1n) is 8.29. The van der Waals surface area contributed by atoms with Gasteiger partial charge in [0.2, 0.25) is 0 Å². The van der Waals surface area contributed by atoms with Crippen LogP contribution in [0.3, 0.4) is 0 Å². The van der Waals surface area contributed by atoms with Gasteiger partial charge in [0.15, 0.2) is 10.9 Å². The maximum atomic E-state index is 11.7. The lowest BCUT2D eigenvalue weighted by atomic mass is 10.1. The number of aromatic nitrogens is 3. The predicted octanol–water partition coefficient (Wildman–Crippen LogP) is 4.39. The molecule has 0 N–H and O–H groups in total. The van der Waals surface area contributed by atoms with Crippen molar-refractivity contribution in [2.75, 3.05) is 7.11 Å². The highest BCUT2D eigenvalue weighted by molar-refractivity contribution is 7.98. The van der Waals surface area contributed by atoms with Crippen molar-refractivity contribution in [3.05, 3.63) is 65.0 Å². The maximum absolute atomic E-state index is 11.7. The molecule has 5 nitrogen and oxygen atoms in total. The van der Waals surface area contributed by atoms with E-state index < -0.39 is 0 Å². The van der Waals surface area contributed by atoms with E-state index in [1.807, 2.05) is 35.8 Å². The zero-order valence-electron chi connectivity index (χ0n) is 15.3. The summed E-state index contributed by atoms with van der Waals surface area (Å²) in [5, 5.41) is 9.36. The zero-order valence-corrected chi connectivity index (χ0v) is 16.1. The Balaban J connectivity index is 1.90. The second-order valence-corrected chi connectivity index (χ2v) is 7.02. The normalized spacial score (nSPS) is 10.8. The predicted molar refractivity (Wildman–Crippen MR) is 103 cm³/mol. The quantitative estimate of drug-likeness (QED) is 0.478. The van der Waals surface area contributed by atoms with Crippen molar-refractivity contribution < 1.29 is 9.53 Å². The van der Waals surface area contributed by atoms with E-state index in [-0.39, 0.29) is 5.78 Å². The van der Waals surface area contributed by atoms with Crippen molar-refractivity contribution in [1.82, 2.24) is 14.8 Å². The third kappa shape index (κ3) is 3.80. The number of nitrogens with zero attached hydrogens (tertiary/aromatic N) is 3. The first-order valence-corrected chi connectivity index (χ1v) is 9.28. The summed E-state index contributed by atoms with van der Waals surface area (Å²) >= 11 is 1.57. The van der Waals surface area contributed by atoms with Crippen molar-refractivity contribution in [1.29, 1.82) is 0 Å². The van der Waals surface area contributed by atoms with Gasteiger partial charge in [-0.15, -0.1) is 10.2 Å². The van der Waals surface area contributed by atoms with Gasteiger partial charge in [-0.2, -0.15) is 0 Å². The number of methoxy groups -OCH3 is 1. The smallest absolute Gasteiger partial charge is 0.196 e. The molecule has 0 atom stereocenters. The minimum absolute atomic E-state index is 0.0395. The highest BCUT2D eigenvalue weighted by Gasteiger charge is 2.14. The lowest BCUT2D eigenvalue weighted by Gasteiger charge is -2.11. The summed E-state index contributed by atoms with van der Waals surface area (Å²) in [6.45, 7) is 5.57. The van der Waals surface area contributed by atoms with Gasteiger partial charge in [-0.3, -0.25) is 9.36 Å². The molecule has 0 radical (unpaired) electrons. The molecule has 0 amide bonds. The van der Waals surface area contributed by atoms with Gasteiger partial charge in [0.05, 0.1) is 7.11 Å². The van der Waals surface area contributed by atoms with E-state index in [1.165, 1.54) is 5.56 Å². The van der Waals surface area contributed by atoms with Crippen molar-refractivity contribution >= 4 is 17.5 Å². The summed E-state index contributed by atoms with van der Waals surface area (Å²) in [6.07, 6.45) is 0. The summed E-state index contributed by atoms with van der Waals surface area (Å²) in [4.78, 5) is 11.7. The van der Waals surface area contributed by atoms with Crippen LogP contribution in [0.15, 0.2) is 47.6 Å². The Labute approximate surface area is 157 Å². The number of hydrogen-bond donors (Lipinski definition) is 0. The summed E-state index contributed by atoms with van der Waals surface area (Å²) in [5.74, 6) is 2.27. The van der Waals surface area contributed by atoms with E-state index in [4.69, 9.17) is 4.74 Å². The molecule has 0 saturated heterocycles. The molecule has 0 aliphatic rings. The summed E-state index contributed by atoms with van der Waals surface area (Å²) in [5.41, 5.74) is 3.86. The van der Waals surface area contributed by atoms with Crippen LogP contribution in [0.1, 0.15) is 34.2 Å². The Morgan fingerprint density at radius 1 is 1.15 bits per heavy atom.